The van der Waals surface area contributed by atoms with Crippen molar-refractivity contribution in [3.63, 3.8) is 0 Å². The van der Waals surface area contributed by atoms with Crippen molar-refractivity contribution in [2.24, 2.45) is 0 Å². The average molecular weight is 329 g/mol. The number of amides is 3. The van der Waals surface area contributed by atoms with E-state index in [4.69, 9.17) is 0 Å². The van der Waals surface area contributed by atoms with Crippen LogP contribution in [0.25, 0.3) is 6.08 Å². The van der Waals surface area contributed by atoms with E-state index >= 15 is 0 Å². The smallest absolute Gasteiger partial charge is 0.239 e. The molecule has 0 bridgehead atoms. The van der Waals surface area contributed by atoms with Crippen LogP contribution in [0.2, 0.25) is 0 Å². The number of nitrogens with one attached hydrogen (secondary N) is 2. The van der Waals surface area contributed by atoms with E-state index in [0.717, 1.165) is 11.1 Å². The maximum Gasteiger partial charge on any atom is 0.239 e. The van der Waals surface area contributed by atoms with E-state index < -0.39 is 0 Å². The van der Waals surface area contributed by atoms with Gasteiger partial charge in [0.15, 0.2) is 0 Å². The number of hydrogen-bond donors (Lipinski definition) is 2. The summed E-state index contributed by atoms with van der Waals surface area (Å²) in [6.07, 6.45) is 3.67. The number of fused-ring (bicyclic) bond motifs is 1. The molecular weight excluding hydrogens is 306 g/mol. The topological polar surface area (TPSA) is 78.5 Å². The van der Waals surface area contributed by atoms with Crippen LogP contribution in [0.1, 0.15) is 44.4 Å². The molecule has 0 aliphatic carbocycles. The Balaban J connectivity index is 2.05. The van der Waals surface area contributed by atoms with Crippen molar-refractivity contribution in [3.05, 3.63) is 41.6 Å². The summed E-state index contributed by atoms with van der Waals surface area (Å²) < 4.78 is 0. The number of hydrogen-bond acceptors (Lipinski definition) is 3. The van der Waals surface area contributed by atoms with Crippen molar-refractivity contribution >= 4 is 23.8 Å². The van der Waals surface area contributed by atoms with E-state index in [0.29, 0.717) is 0 Å². The molecule has 128 valence electrons. The predicted octanol–water partition coefficient (Wildman–Crippen LogP) is 1.59. The molecule has 3 amide bonds. The van der Waals surface area contributed by atoms with Gasteiger partial charge in [-0.1, -0.05) is 24.3 Å². The van der Waals surface area contributed by atoms with Crippen molar-refractivity contribution in [1.29, 1.82) is 0 Å². The first kappa shape index (κ1) is 17.7. The molecule has 0 aromatic heterocycles. The molecule has 1 atom stereocenters. The number of carbonyl (C=O) groups is 3. The standard InChI is InChI=1S/C18H23N3O3/c1-12(2)20-18(24)11-19-17(23)10-16-15-7-5-4-6-14(15)8-9-21(16)13(3)22/h4-9,12,16H,10-11H2,1-3H3,(H,19,23)(H,20,24). The molecule has 0 radical (unpaired) electrons. The third kappa shape index (κ3) is 4.44. The van der Waals surface area contributed by atoms with Gasteiger partial charge in [-0.25, -0.2) is 0 Å². The number of nitrogens with zero attached hydrogens (tertiary/aromatic N) is 1. The molecule has 1 aliphatic rings. The van der Waals surface area contributed by atoms with Crippen molar-refractivity contribution in [3.8, 4) is 0 Å². The van der Waals surface area contributed by atoms with Crippen LogP contribution in [0.5, 0.6) is 0 Å². The molecule has 0 fully saturated rings. The highest BCUT2D eigenvalue weighted by atomic mass is 16.2. The Morgan fingerprint density at radius 1 is 1.17 bits per heavy atom. The largest absolute Gasteiger partial charge is 0.352 e. The fourth-order valence-corrected chi connectivity index (χ4v) is 2.71. The fraction of sp³-hybridized carbons (Fsp3) is 0.389. The van der Waals surface area contributed by atoms with Crippen molar-refractivity contribution < 1.29 is 14.4 Å². The second-order valence-corrected chi connectivity index (χ2v) is 6.09. The van der Waals surface area contributed by atoms with E-state index in [1.54, 1.807) is 11.1 Å². The summed E-state index contributed by atoms with van der Waals surface area (Å²) in [6.45, 7) is 5.12. The average Bonchev–Trinajstić information content (AvgIpc) is 2.52. The first-order valence-electron chi connectivity index (χ1n) is 8.00. The zero-order chi connectivity index (χ0) is 17.7. The molecule has 1 unspecified atom stereocenters. The van der Waals surface area contributed by atoms with E-state index in [2.05, 4.69) is 10.6 Å². The Morgan fingerprint density at radius 3 is 2.54 bits per heavy atom. The molecule has 24 heavy (non-hydrogen) atoms. The molecule has 6 nitrogen and oxygen atoms in total. The summed E-state index contributed by atoms with van der Waals surface area (Å²) in [7, 11) is 0. The van der Waals surface area contributed by atoms with Gasteiger partial charge < -0.3 is 15.5 Å². The van der Waals surface area contributed by atoms with Gasteiger partial charge in [0.25, 0.3) is 0 Å². The minimum Gasteiger partial charge on any atom is -0.352 e. The van der Waals surface area contributed by atoms with Crippen molar-refractivity contribution in [1.82, 2.24) is 15.5 Å². The highest BCUT2D eigenvalue weighted by Crippen LogP contribution is 2.32. The van der Waals surface area contributed by atoms with Gasteiger partial charge in [0.1, 0.15) is 0 Å². The molecule has 2 rings (SSSR count). The van der Waals surface area contributed by atoms with Gasteiger partial charge in [-0.2, -0.15) is 0 Å². The number of benzene rings is 1. The Kier molecular flexibility index (Phi) is 5.73. The van der Waals surface area contributed by atoms with E-state index in [-0.39, 0.29) is 42.8 Å². The van der Waals surface area contributed by atoms with Gasteiger partial charge in [0.05, 0.1) is 19.0 Å². The van der Waals surface area contributed by atoms with Gasteiger partial charge in [-0.15, -0.1) is 0 Å². The van der Waals surface area contributed by atoms with Crippen LogP contribution in [0.15, 0.2) is 30.5 Å². The van der Waals surface area contributed by atoms with Crippen LogP contribution < -0.4 is 10.6 Å². The van der Waals surface area contributed by atoms with Crippen molar-refractivity contribution in [2.75, 3.05) is 6.54 Å². The molecule has 1 heterocycles. The number of carbonyl (C=O) groups excluding carboxylic acids is 3. The lowest BCUT2D eigenvalue weighted by atomic mass is 9.93. The lowest BCUT2D eigenvalue weighted by Gasteiger charge is -2.32. The molecule has 1 aromatic rings. The SMILES string of the molecule is CC(=O)N1C=Cc2ccccc2C1CC(=O)NCC(=O)NC(C)C. The second-order valence-electron chi connectivity index (χ2n) is 6.09. The summed E-state index contributed by atoms with van der Waals surface area (Å²) in [5.41, 5.74) is 1.92. The van der Waals surface area contributed by atoms with Crippen LogP contribution in [0.4, 0.5) is 0 Å². The van der Waals surface area contributed by atoms with Gasteiger partial charge in [-0.3, -0.25) is 14.4 Å². The molecular formula is C18H23N3O3. The summed E-state index contributed by atoms with van der Waals surface area (Å²) in [4.78, 5) is 37.3. The van der Waals surface area contributed by atoms with Crippen molar-refractivity contribution in [2.45, 2.75) is 39.3 Å². The zero-order valence-electron chi connectivity index (χ0n) is 14.2. The highest BCUT2D eigenvalue weighted by molar-refractivity contribution is 5.86. The maximum atomic E-state index is 12.2. The maximum absolute atomic E-state index is 12.2. The Hall–Kier alpha value is -2.63. The first-order valence-corrected chi connectivity index (χ1v) is 8.00. The molecule has 0 saturated heterocycles. The van der Waals surface area contributed by atoms with Gasteiger partial charge >= 0.3 is 0 Å². The normalized spacial score (nSPS) is 15.8. The molecule has 0 saturated carbocycles. The Bertz CT molecular complexity index is 667. The third-order valence-electron chi connectivity index (χ3n) is 3.74. The highest BCUT2D eigenvalue weighted by Gasteiger charge is 2.28. The third-order valence-corrected chi connectivity index (χ3v) is 3.74. The lowest BCUT2D eigenvalue weighted by molar-refractivity contribution is -0.131. The van der Waals surface area contributed by atoms with Crippen LogP contribution in [-0.2, 0) is 14.4 Å². The van der Waals surface area contributed by atoms with Crippen LogP contribution in [-0.4, -0.2) is 35.2 Å². The lowest BCUT2D eigenvalue weighted by Crippen LogP contribution is -2.41. The Morgan fingerprint density at radius 2 is 1.88 bits per heavy atom. The van der Waals surface area contributed by atoms with Crippen LogP contribution in [0, 0.1) is 0 Å². The molecule has 2 N–H and O–H groups in total. The van der Waals surface area contributed by atoms with E-state index in [1.807, 2.05) is 44.2 Å². The van der Waals surface area contributed by atoms with E-state index in [9.17, 15) is 14.4 Å². The summed E-state index contributed by atoms with van der Waals surface area (Å²) >= 11 is 0. The first-order chi connectivity index (χ1) is 11.4. The predicted molar refractivity (Wildman–Crippen MR) is 91.6 cm³/mol. The second kappa shape index (κ2) is 7.77. The fourth-order valence-electron chi connectivity index (χ4n) is 2.71. The monoisotopic (exact) mass is 329 g/mol. The molecule has 1 aromatic carbocycles. The minimum absolute atomic E-state index is 0.0259. The summed E-state index contributed by atoms with van der Waals surface area (Å²) in [5, 5.41) is 5.33. The summed E-state index contributed by atoms with van der Waals surface area (Å²) in [6, 6.07) is 7.33. The quantitative estimate of drug-likeness (QED) is 0.861. The van der Waals surface area contributed by atoms with E-state index in [1.165, 1.54) is 6.92 Å². The van der Waals surface area contributed by atoms with Gasteiger partial charge in [0, 0.05) is 19.2 Å². The van der Waals surface area contributed by atoms with Gasteiger partial charge in [0.2, 0.25) is 17.7 Å². The van der Waals surface area contributed by atoms with Crippen LogP contribution >= 0.6 is 0 Å². The molecule has 6 heteroatoms. The molecule has 1 aliphatic heterocycles. The number of rotatable bonds is 5. The van der Waals surface area contributed by atoms with Crippen LogP contribution in [0.3, 0.4) is 0 Å². The van der Waals surface area contributed by atoms with Gasteiger partial charge in [-0.05, 0) is 31.1 Å². The minimum atomic E-state index is -0.364. The zero-order valence-corrected chi connectivity index (χ0v) is 14.2. The Labute approximate surface area is 141 Å². The summed E-state index contributed by atoms with van der Waals surface area (Å²) in [5.74, 6) is -0.628. The molecule has 0 spiro atoms.